The lowest BCUT2D eigenvalue weighted by Gasteiger charge is -2.35. The van der Waals surface area contributed by atoms with Gasteiger partial charge in [0, 0.05) is 46.1 Å². The molecule has 0 bridgehead atoms. The molecule has 0 N–H and O–H groups in total. The van der Waals surface area contributed by atoms with E-state index in [4.69, 9.17) is 9.47 Å². The average molecular weight is 512 g/mol. The highest BCUT2D eigenvalue weighted by molar-refractivity contribution is 7.84. The summed E-state index contributed by atoms with van der Waals surface area (Å²) < 4.78 is 23.2. The van der Waals surface area contributed by atoms with Crippen LogP contribution in [-0.4, -0.2) is 88.9 Å². The maximum Gasteiger partial charge on any atom is 0.410 e. The first-order valence-electron chi connectivity index (χ1n) is 11.6. The van der Waals surface area contributed by atoms with Gasteiger partial charge in [0.15, 0.2) is 0 Å². The molecule has 3 rings (SSSR count). The van der Waals surface area contributed by atoms with Crippen molar-refractivity contribution in [2.75, 3.05) is 43.9 Å². The van der Waals surface area contributed by atoms with Gasteiger partial charge in [-0.25, -0.2) is 19.6 Å². The first-order chi connectivity index (χ1) is 15.7. The van der Waals surface area contributed by atoms with E-state index in [9.17, 15) is 13.8 Å². The highest BCUT2D eigenvalue weighted by Gasteiger charge is 2.34. The van der Waals surface area contributed by atoms with Gasteiger partial charge in [-0.3, -0.25) is 9.11 Å². The fraction of sp³-hybridized carbons (Fsp3) is 0.727. The molecule has 1 fully saturated rings. The van der Waals surface area contributed by atoms with Crippen molar-refractivity contribution in [3.8, 4) is 0 Å². The van der Waals surface area contributed by atoms with Gasteiger partial charge in [-0.2, -0.15) is 0 Å². The third kappa shape index (κ3) is 6.91. The number of nitrogens with zero attached hydrogens (tertiary/aromatic N) is 5. The SMILES string of the molecule is CS(=O)c1nc2c(c(N3CCN(C(=O)OCC[Si](C)(C)C)CC3)n1)CN(C(=O)OC(C)(C)C)C2. The summed E-state index contributed by atoms with van der Waals surface area (Å²) in [7, 11) is -2.62. The van der Waals surface area contributed by atoms with E-state index < -0.39 is 30.6 Å². The van der Waals surface area contributed by atoms with Crippen molar-refractivity contribution in [2.45, 2.75) is 70.3 Å². The van der Waals surface area contributed by atoms with Crippen molar-refractivity contribution >= 4 is 36.9 Å². The topological polar surface area (TPSA) is 105 Å². The van der Waals surface area contributed by atoms with E-state index in [1.165, 1.54) is 0 Å². The molecule has 12 heteroatoms. The summed E-state index contributed by atoms with van der Waals surface area (Å²) in [5.41, 5.74) is 0.927. The van der Waals surface area contributed by atoms with Crippen molar-refractivity contribution < 1.29 is 23.3 Å². The van der Waals surface area contributed by atoms with Crippen LogP contribution < -0.4 is 4.90 Å². The highest BCUT2D eigenvalue weighted by Crippen LogP contribution is 2.31. The Labute approximate surface area is 205 Å². The Bertz CT molecular complexity index is 954. The third-order valence-corrected chi connectivity index (χ3v) is 7.96. The first kappa shape index (κ1) is 26.4. The van der Waals surface area contributed by atoms with E-state index in [1.54, 1.807) is 16.1 Å². The van der Waals surface area contributed by atoms with Crippen LogP contribution in [0.25, 0.3) is 0 Å². The number of fused-ring (bicyclic) bond motifs is 1. The van der Waals surface area contributed by atoms with Gasteiger partial charge in [0.25, 0.3) is 0 Å². The minimum Gasteiger partial charge on any atom is -0.450 e. The van der Waals surface area contributed by atoms with E-state index in [0.717, 1.165) is 11.6 Å². The molecule has 2 amide bonds. The molecule has 1 aromatic rings. The fourth-order valence-corrected chi connectivity index (χ4v) is 4.87. The number of hydrogen-bond acceptors (Lipinski definition) is 8. The Morgan fingerprint density at radius 2 is 1.65 bits per heavy atom. The van der Waals surface area contributed by atoms with E-state index in [1.807, 2.05) is 20.8 Å². The largest absolute Gasteiger partial charge is 0.450 e. The number of anilines is 1. The minimum absolute atomic E-state index is 0.243. The molecule has 2 aliphatic heterocycles. The number of rotatable bonds is 5. The molecule has 0 saturated carbocycles. The van der Waals surface area contributed by atoms with Gasteiger partial charge in [-0.05, 0) is 26.8 Å². The molecule has 3 heterocycles. The van der Waals surface area contributed by atoms with Crippen LogP contribution in [0.3, 0.4) is 0 Å². The lowest BCUT2D eigenvalue weighted by Crippen LogP contribution is -2.49. The zero-order valence-electron chi connectivity index (χ0n) is 21.3. The maximum absolute atomic E-state index is 12.6. The molecule has 0 aliphatic carbocycles. The predicted molar refractivity (Wildman–Crippen MR) is 133 cm³/mol. The molecule has 0 radical (unpaired) electrons. The van der Waals surface area contributed by atoms with Crippen LogP contribution in [0.2, 0.25) is 25.7 Å². The number of aromatic nitrogens is 2. The van der Waals surface area contributed by atoms with Gasteiger partial charge in [0.1, 0.15) is 11.4 Å². The first-order valence-corrected chi connectivity index (χ1v) is 16.9. The number of carbonyl (C=O) groups is 2. The van der Waals surface area contributed by atoms with E-state index >= 15 is 0 Å². The lowest BCUT2D eigenvalue weighted by atomic mass is 10.2. The van der Waals surface area contributed by atoms with Gasteiger partial charge >= 0.3 is 12.2 Å². The number of amides is 2. The maximum atomic E-state index is 12.6. The normalized spacial score (nSPS) is 17.4. The summed E-state index contributed by atoms with van der Waals surface area (Å²) >= 11 is 0. The van der Waals surface area contributed by atoms with E-state index in [-0.39, 0.29) is 17.8 Å². The van der Waals surface area contributed by atoms with Crippen molar-refractivity contribution in [1.29, 1.82) is 0 Å². The Morgan fingerprint density at radius 3 is 2.21 bits per heavy atom. The number of carbonyl (C=O) groups excluding carboxylic acids is 2. The van der Waals surface area contributed by atoms with Gasteiger partial charge in [-0.1, -0.05) is 19.6 Å². The summed E-state index contributed by atoms with van der Waals surface area (Å²) in [6, 6.07) is 0.941. The summed E-state index contributed by atoms with van der Waals surface area (Å²) in [4.78, 5) is 39.5. The molecule has 10 nitrogen and oxygen atoms in total. The predicted octanol–water partition coefficient (Wildman–Crippen LogP) is 3.06. The van der Waals surface area contributed by atoms with Gasteiger partial charge < -0.3 is 19.3 Å². The second-order valence-electron chi connectivity index (χ2n) is 10.9. The lowest BCUT2D eigenvalue weighted by molar-refractivity contribution is 0.0240. The number of ether oxygens (including phenoxy) is 2. The molecular weight excluding hydrogens is 474 g/mol. The van der Waals surface area contributed by atoms with Crippen LogP contribution in [0.1, 0.15) is 32.0 Å². The third-order valence-electron chi connectivity index (χ3n) is 5.56. The van der Waals surface area contributed by atoms with Crippen molar-refractivity contribution in [3.05, 3.63) is 11.3 Å². The number of piperazine rings is 1. The van der Waals surface area contributed by atoms with Crippen LogP contribution in [0.15, 0.2) is 5.16 Å². The fourth-order valence-electron chi connectivity index (χ4n) is 3.70. The smallest absolute Gasteiger partial charge is 0.410 e. The Hall–Kier alpha value is -2.21. The molecule has 190 valence electrons. The molecule has 0 aromatic carbocycles. The van der Waals surface area contributed by atoms with E-state index in [0.29, 0.717) is 50.8 Å². The van der Waals surface area contributed by atoms with Crippen LogP contribution in [0.5, 0.6) is 0 Å². The molecule has 2 aliphatic rings. The molecule has 1 saturated heterocycles. The van der Waals surface area contributed by atoms with Crippen molar-refractivity contribution in [1.82, 2.24) is 19.8 Å². The summed E-state index contributed by atoms with van der Waals surface area (Å²) in [6.45, 7) is 15.4. The molecule has 1 aromatic heterocycles. The van der Waals surface area contributed by atoms with Gasteiger partial charge in [-0.15, -0.1) is 0 Å². The molecule has 1 unspecified atom stereocenters. The Balaban J connectivity index is 1.70. The second kappa shape index (κ2) is 10.2. The average Bonchev–Trinajstić information content (AvgIpc) is 3.15. The Kier molecular flexibility index (Phi) is 7.91. The second-order valence-corrected chi connectivity index (χ2v) is 17.8. The van der Waals surface area contributed by atoms with Gasteiger partial charge in [0.2, 0.25) is 5.16 Å². The summed E-state index contributed by atoms with van der Waals surface area (Å²) in [5.74, 6) is 0.674. The molecule has 1 atom stereocenters. The van der Waals surface area contributed by atoms with Crippen LogP contribution in [-0.2, 0) is 33.4 Å². The molecule has 0 spiro atoms. The van der Waals surface area contributed by atoms with Crippen LogP contribution >= 0.6 is 0 Å². The standard InChI is InChI=1S/C22H37N5O5SSi/c1-22(2,3)32-21(29)27-14-16-17(15-27)23-19(33(4)30)24-18(16)25-8-10-26(11-9-25)20(28)31-12-13-34(5,6)7/h8-15H2,1-7H3. The van der Waals surface area contributed by atoms with Crippen LogP contribution in [0.4, 0.5) is 15.4 Å². The Morgan fingerprint density at radius 1 is 1.00 bits per heavy atom. The van der Waals surface area contributed by atoms with Crippen LogP contribution in [0, 0.1) is 0 Å². The monoisotopic (exact) mass is 511 g/mol. The number of hydrogen-bond donors (Lipinski definition) is 0. The molecular formula is C22H37N5O5SSi. The zero-order valence-corrected chi connectivity index (χ0v) is 23.2. The van der Waals surface area contributed by atoms with Crippen molar-refractivity contribution in [3.63, 3.8) is 0 Å². The minimum atomic E-state index is -1.36. The highest BCUT2D eigenvalue weighted by atomic mass is 32.2. The molecule has 34 heavy (non-hydrogen) atoms. The summed E-state index contributed by atoms with van der Waals surface area (Å²) in [6.07, 6.45) is 0.847. The zero-order chi connectivity index (χ0) is 25.3. The van der Waals surface area contributed by atoms with E-state index in [2.05, 4.69) is 34.5 Å². The van der Waals surface area contributed by atoms with Crippen molar-refractivity contribution in [2.24, 2.45) is 0 Å². The van der Waals surface area contributed by atoms with Gasteiger partial charge in [0.05, 0.1) is 36.2 Å². The quantitative estimate of drug-likeness (QED) is 0.439. The summed E-state index contributed by atoms with van der Waals surface area (Å²) in [5, 5.41) is 0.243.